The van der Waals surface area contributed by atoms with Gasteiger partial charge >= 0.3 is 0 Å². The molecule has 2 heterocycles. The van der Waals surface area contributed by atoms with Crippen LogP contribution in [0.3, 0.4) is 0 Å². The van der Waals surface area contributed by atoms with E-state index in [0.29, 0.717) is 29.7 Å². The molecular weight excluding hydrogens is 358 g/mol. The molecule has 1 aliphatic heterocycles. The van der Waals surface area contributed by atoms with Crippen molar-refractivity contribution in [1.82, 2.24) is 9.55 Å². The van der Waals surface area contributed by atoms with Crippen LogP contribution >= 0.6 is 0 Å². The molecular formula is C21H23N3O4. The Bertz CT molecular complexity index is 1050. The van der Waals surface area contributed by atoms with Crippen LogP contribution in [-0.4, -0.2) is 43.3 Å². The van der Waals surface area contributed by atoms with Gasteiger partial charge in [0.15, 0.2) is 11.5 Å². The van der Waals surface area contributed by atoms with Gasteiger partial charge in [-0.3, -0.25) is 0 Å². The number of imidazole rings is 1. The molecule has 0 bridgehead atoms. The van der Waals surface area contributed by atoms with Crippen molar-refractivity contribution < 1.29 is 18.9 Å². The quantitative estimate of drug-likeness (QED) is 0.677. The molecule has 1 atom stereocenters. The average molecular weight is 381 g/mol. The summed E-state index contributed by atoms with van der Waals surface area (Å²) in [4.78, 5) is 9.19. The first-order chi connectivity index (χ1) is 13.5. The topological polar surface area (TPSA) is 67.1 Å². The number of hydrogen-bond acceptors (Lipinski definition) is 6. The summed E-state index contributed by atoms with van der Waals surface area (Å²) in [5, 5.41) is 0. The first-order valence-corrected chi connectivity index (χ1v) is 9.00. The minimum atomic E-state index is -0.218. The Kier molecular flexibility index (Phi) is 4.58. The van der Waals surface area contributed by atoms with Gasteiger partial charge in [-0.2, -0.15) is 0 Å². The predicted molar refractivity (Wildman–Crippen MR) is 107 cm³/mol. The monoisotopic (exact) mass is 381 g/mol. The van der Waals surface area contributed by atoms with E-state index in [0.717, 1.165) is 28.0 Å². The van der Waals surface area contributed by atoms with E-state index < -0.39 is 0 Å². The largest absolute Gasteiger partial charge is 0.493 e. The molecule has 1 aromatic heterocycles. The highest BCUT2D eigenvalue weighted by molar-refractivity contribution is 5.98. The van der Waals surface area contributed by atoms with Gasteiger partial charge in [0, 0.05) is 18.2 Å². The van der Waals surface area contributed by atoms with E-state index in [1.54, 1.807) is 21.3 Å². The van der Waals surface area contributed by atoms with Crippen molar-refractivity contribution in [3.63, 3.8) is 0 Å². The smallest absolute Gasteiger partial charge is 0.216 e. The third-order valence-corrected chi connectivity index (χ3v) is 5.06. The molecule has 0 fully saturated rings. The summed E-state index contributed by atoms with van der Waals surface area (Å²) < 4.78 is 24.5. The van der Waals surface area contributed by atoms with Crippen molar-refractivity contribution in [1.29, 1.82) is 0 Å². The molecule has 0 saturated carbocycles. The maximum atomic E-state index is 6.16. The maximum absolute atomic E-state index is 6.16. The third-order valence-electron chi connectivity index (χ3n) is 5.06. The molecule has 0 amide bonds. The van der Waals surface area contributed by atoms with E-state index in [1.165, 1.54) is 0 Å². The lowest BCUT2D eigenvalue weighted by Gasteiger charge is -2.17. The summed E-state index contributed by atoms with van der Waals surface area (Å²) in [5.74, 6) is 3.34. The molecule has 7 nitrogen and oxygen atoms in total. The summed E-state index contributed by atoms with van der Waals surface area (Å²) in [6.07, 6.45) is -0.218. The van der Waals surface area contributed by atoms with E-state index in [4.69, 9.17) is 18.9 Å². The van der Waals surface area contributed by atoms with Gasteiger partial charge < -0.3 is 23.5 Å². The molecule has 1 unspecified atom stereocenters. The van der Waals surface area contributed by atoms with Crippen LogP contribution < -0.4 is 14.2 Å². The van der Waals surface area contributed by atoms with Gasteiger partial charge in [-0.25, -0.2) is 9.98 Å². The lowest BCUT2D eigenvalue weighted by molar-refractivity contribution is 0.228. The van der Waals surface area contributed by atoms with Crippen molar-refractivity contribution >= 4 is 16.9 Å². The zero-order valence-electron chi connectivity index (χ0n) is 16.6. The fraction of sp³-hybridized carbons (Fsp3) is 0.333. The molecule has 0 saturated heterocycles. The minimum Gasteiger partial charge on any atom is -0.493 e. The van der Waals surface area contributed by atoms with Gasteiger partial charge in [0.1, 0.15) is 11.9 Å². The van der Waals surface area contributed by atoms with E-state index in [1.807, 2.05) is 44.3 Å². The number of methoxy groups -OCH3 is 3. The first kappa shape index (κ1) is 18.2. The second-order valence-electron chi connectivity index (χ2n) is 6.63. The number of rotatable bonds is 5. The predicted octanol–water partition coefficient (Wildman–Crippen LogP) is 3.43. The SMILES string of the molecule is COc1cc(C2CN=C(c3ccc4c(c3)nc(C)n4C)O2)cc(OC)c1OC. The number of aryl methyl sites for hydroxylation is 2. The summed E-state index contributed by atoms with van der Waals surface area (Å²) in [6.45, 7) is 2.51. The number of aliphatic imine (C=N–C) groups is 1. The van der Waals surface area contributed by atoms with Gasteiger partial charge in [0.05, 0.1) is 38.9 Å². The van der Waals surface area contributed by atoms with Crippen LogP contribution in [-0.2, 0) is 11.8 Å². The van der Waals surface area contributed by atoms with Gasteiger partial charge in [-0.1, -0.05) is 0 Å². The molecule has 3 aromatic rings. The van der Waals surface area contributed by atoms with Crippen molar-refractivity contribution in [3.05, 3.63) is 47.3 Å². The van der Waals surface area contributed by atoms with E-state index in [-0.39, 0.29) is 6.10 Å². The lowest BCUT2D eigenvalue weighted by atomic mass is 10.1. The number of benzene rings is 2. The van der Waals surface area contributed by atoms with Gasteiger partial charge in [0.25, 0.3) is 0 Å². The second kappa shape index (κ2) is 7.07. The number of hydrogen-bond donors (Lipinski definition) is 0. The van der Waals surface area contributed by atoms with Crippen molar-refractivity contribution in [2.45, 2.75) is 13.0 Å². The number of fused-ring (bicyclic) bond motifs is 1. The van der Waals surface area contributed by atoms with Crippen molar-refractivity contribution in [2.75, 3.05) is 27.9 Å². The van der Waals surface area contributed by atoms with Gasteiger partial charge in [0.2, 0.25) is 11.6 Å². The normalized spacial score (nSPS) is 16.0. The van der Waals surface area contributed by atoms with Crippen LogP contribution in [0, 0.1) is 6.92 Å². The first-order valence-electron chi connectivity index (χ1n) is 9.00. The Morgan fingerprint density at radius 1 is 1.04 bits per heavy atom. The maximum Gasteiger partial charge on any atom is 0.216 e. The number of nitrogens with zero attached hydrogens (tertiary/aromatic N) is 3. The van der Waals surface area contributed by atoms with Crippen LogP contribution in [0.15, 0.2) is 35.3 Å². The molecule has 2 aromatic carbocycles. The summed E-state index contributed by atoms with van der Waals surface area (Å²) in [6, 6.07) is 9.87. The van der Waals surface area contributed by atoms with Gasteiger partial charge in [-0.15, -0.1) is 0 Å². The van der Waals surface area contributed by atoms with E-state index in [9.17, 15) is 0 Å². The highest BCUT2D eigenvalue weighted by atomic mass is 16.5. The molecule has 4 rings (SSSR count). The molecule has 0 spiro atoms. The third kappa shape index (κ3) is 2.93. The molecule has 28 heavy (non-hydrogen) atoms. The molecule has 7 heteroatoms. The Morgan fingerprint density at radius 2 is 1.75 bits per heavy atom. The minimum absolute atomic E-state index is 0.218. The molecule has 146 valence electrons. The summed E-state index contributed by atoms with van der Waals surface area (Å²) in [5.41, 5.74) is 3.85. The number of aromatic nitrogens is 2. The molecule has 0 radical (unpaired) electrons. The zero-order chi connectivity index (χ0) is 19.8. The average Bonchev–Trinajstić information content (AvgIpc) is 3.32. The van der Waals surface area contributed by atoms with Crippen LogP contribution in [0.1, 0.15) is 23.1 Å². The Morgan fingerprint density at radius 3 is 2.39 bits per heavy atom. The lowest BCUT2D eigenvalue weighted by Crippen LogP contribution is -2.07. The number of ether oxygens (including phenoxy) is 4. The van der Waals surface area contributed by atoms with Crippen molar-refractivity contribution in [3.8, 4) is 17.2 Å². The summed E-state index contributed by atoms with van der Waals surface area (Å²) >= 11 is 0. The van der Waals surface area contributed by atoms with Gasteiger partial charge in [-0.05, 0) is 37.3 Å². The Labute approximate surface area is 163 Å². The van der Waals surface area contributed by atoms with Crippen LogP contribution in [0.25, 0.3) is 11.0 Å². The Balaban J connectivity index is 1.62. The van der Waals surface area contributed by atoms with Crippen LogP contribution in [0.2, 0.25) is 0 Å². The Hall–Kier alpha value is -3.22. The highest BCUT2D eigenvalue weighted by Crippen LogP contribution is 2.41. The zero-order valence-corrected chi connectivity index (χ0v) is 16.6. The van der Waals surface area contributed by atoms with Crippen LogP contribution in [0.4, 0.5) is 0 Å². The summed E-state index contributed by atoms with van der Waals surface area (Å²) in [7, 11) is 6.79. The molecule has 0 N–H and O–H groups in total. The van der Waals surface area contributed by atoms with Crippen molar-refractivity contribution in [2.24, 2.45) is 12.0 Å². The van der Waals surface area contributed by atoms with E-state index in [2.05, 4.69) is 14.5 Å². The fourth-order valence-corrected chi connectivity index (χ4v) is 3.45. The second-order valence-corrected chi connectivity index (χ2v) is 6.63. The van der Waals surface area contributed by atoms with E-state index >= 15 is 0 Å². The molecule has 1 aliphatic rings. The molecule has 0 aliphatic carbocycles. The fourth-order valence-electron chi connectivity index (χ4n) is 3.45. The standard InChI is InChI=1S/C21H23N3O4/c1-12-23-15-8-13(6-7-16(15)24(12)2)21-22-11-19(28-21)14-9-17(25-3)20(27-5)18(10-14)26-4/h6-10,19H,11H2,1-5H3. The highest BCUT2D eigenvalue weighted by Gasteiger charge is 2.26. The van der Waals surface area contributed by atoms with Crippen LogP contribution in [0.5, 0.6) is 17.2 Å².